The number of rotatable bonds is 8. The number of piperidine rings is 1. The van der Waals surface area contributed by atoms with Gasteiger partial charge in [0.25, 0.3) is 0 Å². The van der Waals surface area contributed by atoms with Crippen LogP contribution in [0.4, 0.5) is 0 Å². The number of likely N-dealkylation sites (tertiary alicyclic amines) is 1. The van der Waals surface area contributed by atoms with Gasteiger partial charge >= 0.3 is 0 Å². The molecule has 180 valence electrons. The standard InChI is InChI=1S/C24H38N4O3.HI/c1-18-9-6-7-16-28(18)22(29)14-15-26-24(25-2)27-17-19-10-8-13-21(30-3)23(19)31-20-11-4-5-12-20;/h8,10,13,18,20H,4-7,9,11-12,14-17H2,1-3H3,(H2,25,26,27);1H. The van der Waals surface area contributed by atoms with Crippen LogP contribution in [0.25, 0.3) is 0 Å². The van der Waals surface area contributed by atoms with Crippen LogP contribution in [-0.4, -0.2) is 56.2 Å². The van der Waals surface area contributed by atoms with E-state index in [1.54, 1.807) is 14.2 Å². The molecule has 3 rings (SSSR count). The molecule has 2 fully saturated rings. The number of halogens is 1. The third-order valence-electron chi connectivity index (χ3n) is 6.29. The molecule has 0 aromatic heterocycles. The number of guanidine groups is 1. The van der Waals surface area contributed by atoms with Gasteiger partial charge in [-0.15, -0.1) is 24.0 Å². The molecule has 0 spiro atoms. The SMILES string of the molecule is CN=C(NCCC(=O)N1CCCCC1C)NCc1cccc(OC)c1OC1CCCC1.I. The lowest BCUT2D eigenvalue weighted by atomic mass is 10.0. The zero-order valence-electron chi connectivity index (χ0n) is 19.7. The lowest BCUT2D eigenvalue weighted by Crippen LogP contribution is -2.44. The number of amides is 1. The molecule has 1 saturated heterocycles. The molecular formula is C24H39IN4O3. The molecule has 1 saturated carbocycles. The number of benzene rings is 1. The lowest BCUT2D eigenvalue weighted by Gasteiger charge is -2.33. The number of para-hydroxylation sites is 1. The fraction of sp³-hybridized carbons (Fsp3) is 0.667. The number of nitrogens with one attached hydrogen (secondary N) is 2. The van der Waals surface area contributed by atoms with Crippen molar-refractivity contribution >= 4 is 35.8 Å². The summed E-state index contributed by atoms with van der Waals surface area (Å²) in [6, 6.07) is 6.32. The lowest BCUT2D eigenvalue weighted by molar-refractivity contribution is -0.134. The molecule has 2 N–H and O–H groups in total. The van der Waals surface area contributed by atoms with E-state index < -0.39 is 0 Å². The number of ether oxygens (including phenoxy) is 2. The minimum atomic E-state index is 0. The predicted molar refractivity (Wildman–Crippen MR) is 139 cm³/mol. The van der Waals surface area contributed by atoms with Gasteiger partial charge in [0, 0.05) is 44.7 Å². The van der Waals surface area contributed by atoms with E-state index in [0.717, 1.165) is 49.3 Å². The Balaban J connectivity index is 0.00000363. The van der Waals surface area contributed by atoms with Gasteiger partial charge in [-0.2, -0.15) is 0 Å². The number of nitrogens with zero attached hydrogens (tertiary/aromatic N) is 2. The number of hydrogen-bond acceptors (Lipinski definition) is 4. The van der Waals surface area contributed by atoms with Gasteiger partial charge in [-0.1, -0.05) is 12.1 Å². The maximum Gasteiger partial charge on any atom is 0.224 e. The molecule has 1 aromatic carbocycles. The van der Waals surface area contributed by atoms with Crippen LogP contribution in [0, 0.1) is 0 Å². The molecule has 2 aliphatic rings. The summed E-state index contributed by atoms with van der Waals surface area (Å²) in [5.74, 6) is 2.47. The van der Waals surface area contributed by atoms with Crippen molar-refractivity contribution in [1.82, 2.24) is 15.5 Å². The van der Waals surface area contributed by atoms with Crippen LogP contribution in [0.15, 0.2) is 23.2 Å². The highest BCUT2D eigenvalue weighted by atomic mass is 127. The first kappa shape index (κ1) is 26.5. The molecule has 1 unspecified atom stereocenters. The fourth-order valence-corrected chi connectivity index (χ4v) is 4.47. The average molecular weight is 559 g/mol. The number of carbonyl (C=O) groups excluding carboxylic acids is 1. The van der Waals surface area contributed by atoms with E-state index in [0.29, 0.717) is 31.5 Å². The van der Waals surface area contributed by atoms with Crippen LogP contribution >= 0.6 is 24.0 Å². The van der Waals surface area contributed by atoms with Crippen LogP contribution in [0.1, 0.15) is 63.9 Å². The third-order valence-corrected chi connectivity index (χ3v) is 6.29. The van der Waals surface area contributed by atoms with Crippen molar-refractivity contribution in [1.29, 1.82) is 0 Å². The van der Waals surface area contributed by atoms with E-state index in [2.05, 4.69) is 22.5 Å². The van der Waals surface area contributed by atoms with Gasteiger partial charge in [0.1, 0.15) is 0 Å². The summed E-state index contributed by atoms with van der Waals surface area (Å²) in [6.07, 6.45) is 8.80. The van der Waals surface area contributed by atoms with Crippen molar-refractivity contribution in [2.24, 2.45) is 4.99 Å². The molecule has 7 nitrogen and oxygen atoms in total. The second-order valence-electron chi connectivity index (χ2n) is 8.51. The van der Waals surface area contributed by atoms with Crippen molar-refractivity contribution in [2.45, 2.75) is 77.0 Å². The normalized spacial score (nSPS) is 19.3. The van der Waals surface area contributed by atoms with Crippen LogP contribution in [-0.2, 0) is 11.3 Å². The largest absolute Gasteiger partial charge is 0.493 e. The molecule has 8 heteroatoms. The average Bonchev–Trinajstić information content (AvgIpc) is 3.30. The topological polar surface area (TPSA) is 75.2 Å². The van der Waals surface area contributed by atoms with Gasteiger partial charge in [-0.05, 0) is 57.9 Å². The molecule has 0 bridgehead atoms. The summed E-state index contributed by atoms with van der Waals surface area (Å²) in [5, 5.41) is 6.61. The van der Waals surface area contributed by atoms with E-state index in [-0.39, 0.29) is 36.0 Å². The van der Waals surface area contributed by atoms with E-state index in [9.17, 15) is 4.79 Å². The smallest absolute Gasteiger partial charge is 0.224 e. The van der Waals surface area contributed by atoms with Crippen LogP contribution in [0.3, 0.4) is 0 Å². The number of methoxy groups -OCH3 is 1. The quantitative estimate of drug-likeness (QED) is 0.286. The maximum absolute atomic E-state index is 12.5. The number of carbonyl (C=O) groups is 1. The van der Waals surface area contributed by atoms with Gasteiger partial charge in [-0.25, -0.2) is 0 Å². The van der Waals surface area contributed by atoms with E-state index in [4.69, 9.17) is 9.47 Å². The Hall–Kier alpha value is -1.71. The number of aliphatic imine (C=N–C) groups is 1. The van der Waals surface area contributed by atoms with Crippen molar-refractivity contribution < 1.29 is 14.3 Å². The Bertz CT molecular complexity index is 753. The highest BCUT2D eigenvalue weighted by molar-refractivity contribution is 14.0. The molecule has 32 heavy (non-hydrogen) atoms. The Morgan fingerprint density at radius 1 is 1.16 bits per heavy atom. The Labute approximate surface area is 209 Å². The molecule has 1 atom stereocenters. The summed E-state index contributed by atoms with van der Waals surface area (Å²) >= 11 is 0. The summed E-state index contributed by atoms with van der Waals surface area (Å²) in [4.78, 5) is 18.9. The predicted octanol–water partition coefficient (Wildman–Crippen LogP) is 4.09. The molecular weight excluding hydrogens is 519 g/mol. The number of hydrogen-bond donors (Lipinski definition) is 2. The van der Waals surface area contributed by atoms with Crippen LogP contribution < -0.4 is 20.1 Å². The first-order chi connectivity index (χ1) is 15.1. The summed E-state index contributed by atoms with van der Waals surface area (Å²) in [6.45, 7) is 4.15. The van der Waals surface area contributed by atoms with Gasteiger partial charge in [0.2, 0.25) is 5.91 Å². The second kappa shape index (κ2) is 13.7. The summed E-state index contributed by atoms with van der Waals surface area (Å²) in [5.41, 5.74) is 1.03. The highest BCUT2D eigenvalue weighted by Gasteiger charge is 2.23. The molecule has 1 amide bonds. The molecule has 0 radical (unpaired) electrons. The summed E-state index contributed by atoms with van der Waals surface area (Å²) in [7, 11) is 3.42. The molecule has 1 aliphatic carbocycles. The van der Waals surface area contributed by atoms with Crippen molar-refractivity contribution in [3.8, 4) is 11.5 Å². The van der Waals surface area contributed by atoms with Crippen molar-refractivity contribution in [2.75, 3.05) is 27.2 Å². The first-order valence-electron chi connectivity index (χ1n) is 11.7. The van der Waals surface area contributed by atoms with Crippen molar-refractivity contribution in [3.05, 3.63) is 23.8 Å². The first-order valence-corrected chi connectivity index (χ1v) is 11.7. The van der Waals surface area contributed by atoms with Gasteiger partial charge in [0.15, 0.2) is 17.5 Å². The second-order valence-corrected chi connectivity index (χ2v) is 8.51. The van der Waals surface area contributed by atoms with Crippen LogP contribution in [0.2, 0.25) is 0 Å². The van der Waals surface area contributed by atoms with Gasteiger partial charge < -0.3 is 25.0 Å². The van der Waals surface area contributed by atoms with Crippen LogP contribution in [0.5, 0.6) is 11.5 Å². The van der Waals surface area contributed by atoms with Crippen molar-refractivity contribution in [3.63, 3.8) is 0 Å². The van der Waals surface area contributed by atoms with E-state index in [1.165, 1.54) is 19.3 Å². The maximum atomic E-state index is 12.5. The monoisotopic (exact) mass is 558 g/mol. The Morgan fingerprint density at radius 3 is 2.59 bits per heavy atom. The van der Waals surface area contributed by atoms with Gasteiger partial charge in [-0.3, -0.25) is 9.79 Å². The minimum Gasteiger partial charge on any atom is -0.493 e. The summed E-state index contributed by atoms with van der Waals surface area (Å²) < 4.78 is 11.9. The molecule has 1 aliphatic heterocycles. The highest BCUT2D eigenvalue weighted by Crippen LogP contribution is 2.34. The van der Waals surface area contributed by atoms with E-state index in [1.807, 2.05) is 23.1 Å². The Kier molecular flexibility index (Phi) is 11.4. The fourth-order valence-electron chi connectivity index (χ4n) is 4.47. The zero-order chi connectivity index (χ0) is 22.1. The third kappa shape index (κ3) is 7.42. The Morgan fingerprint density at radius 2 is 1.91 bits per heavy atom. The van der Waals surface area contributed by atoms with E-state index >= 15 is 0 Å². The minimum absolute atomic E-state index is 0. The molecule has 1 aromatic rings. The van der Waals surface area contributed by atoms with Gasteiger partial charge in [0.05, 0.1) is 13.2 Å². The zero-order valence-corrected chi connectivity index (χ0v) is 22.0. The molecule has 1 heterocycles.